The number of benzene rings is 3. The third kappa shape index (κ3) is 4.65. The first-order chi connectivity index (χ1) is 13.8. The minimum absolute atomic E-state index is 0.252. The molecule has 0 heterocycles. The molecule has 8 nitrogen and oxygen atoms in total. The lowest BCUT2D eigenvalue weighted by atomic mass is 10.0. The Balaban J connectivity index is 1.71. The molecular weight excluding hydrogens is 394 g/mol. The molecule has 0 unspecified atom stereocenters. The highest BCUT2D eigenvalue weighted by Gasteiger charge is 2.20. The lowest BCUT2D eigenvalue weighted by molar-refractivity contribution is -0.385. The zero-order chi connectivity index (χ0) is 21.0. The SMILES string of the molecule is Cc1ccc(S(=O)(=O)NNC(=O)c2ccc(-c3ccccc3)cc2)cc1[N+](=O)[O-]. The van der Waals surface area contributed by atoms with E-state index in [1.165, 1.54) is 19.1 Å². The summed E-state index contributed by atoms with van der Waals surface area (Å²) < 4.78 is 24.7. The maximum atomic E-state index is 12.3. The van der Waals surface area contributed by atoms with E-state index in [1.54, 1.807) is 24.3 Å². The molecule has 0 bridgehead atoms. The van der Waals surface area contributed by atoms with Crippen LogP contribution >= 0.6 is 0 Å². The van der Waals surface area contributed by atoms with Gasteiger partial charge in [-0.3, -0.25) is 20.3 Å². The Labute approximate surface area is 167 Å². The zero-order valence-electron chi connectivity index (χ0n) is 15.3. The van der Waals surface area contributed by atoms with E-state index in [-0.39, 0.29) is 16.1 Å². The summed E-state index contributed by atoms with van der Waals surface area (Å²) in [6.07, 6.45) is 0. The maximum Gasteiger partial charge on any atom is 0.273 e. The van der Waals surface area contributed by atoms with Gasteiger partial charge in [-0.15, -0.1) is 4.83 Å². The zero-order valence-corrected chi connectivity index (χ0v) is 16.1. The Hall–Kier alpha value is -3.56. The third-order valence-corrected chi connectivity index (χ3v) is 5.49. The van der Waals surface area contributed by atoms with Crippen LogP contribution in [0, 0.1) is 17.0 Å². The average molecular weight is 411 g/mol. The Morgan fingerprint density at radius 2 is 1.55 bits per heavy atom. The van der Waals surface area contributed by atoms with Gasteiger partial charge in [0.15, 0.2) is 0 Å². The van der Waals surface area contributed by atoms with Crippen LogP contribution in [0.3, 0.4) is 0 Å². The number of aryl methyl sites for hydroxylation is 1. The van der Waals surface area contributed by atoms with Crippen molar-refractivity contribution in [3.8, 4) is 11.1 Å². The van der Waals surface area contributed by atoms with Crippen LogP contribution in [-0.2, 0) is 10.0 Å². The Bertz CT molecular complexity index is 1160. The molecule has 0 aliphatic rings. The molecule has 0 fully saturated rings. The molecule has 9 heteroatoms. The summed E-state index contributed by atoms with van der Waals surface area (Å²) >= 11 is 0. The second kappa shape index (κ2) is 8.21. The van der Waals surface area contributed by atoms with Crippen LogP contribution < -0.4 is 10.3 Å². The normalized spacial score (nSPS) is 11.1. The van der Waals surface area contributed by atoms with Crippen molar-refractivity contribution in [1.82, 2.24) is 10.3 Å². The van der Waals surface area contributed by atoms with Gasteiger partial charge in [-0.1, -0.05) is 48.5 Å². The van der Waals surface area contributed by atoms with E-state index >= 15 is 0 Å². The second-order valence-electron chi connectivity index (χ2n) is 6.21. The molecular formula is C20H17N3O5S. The largest absolute Gasteiger partial charge is 0.273 e. The Morgan fingerprint density at radius 3 is 2.17 bits per heavy atom. The van der Waals surface area contributed by atoms with E-state index in [1.807, 2.05) is 35.2 Å². The van der Waals surface area contributed by atoms with Crippen LogP contribution in [-0.4, -0.2) is 19.2 Å². The van der Waals surface area contributed by atoms with Gasteiger partial charge >= 0.3 is 0 Å². The summed E-state index contributed by atoms with van der Waals surface area (Å²) in [6.45, 7) is 1.50. The van der Waals surface area contributed by atoms with E-state index in [0.717, 1.165) is 17.2 Å². The highest BCUT2D eigenvalue weighted by Crippen LogP contribution is 2.22. The topological polar surface area (TPSA) is 118 Å². The number of hydrogen-bond donors (Lipinski definition) is 2. The molecule has 0 aliphatic carbocycles. The van der Waals surface area contributed by atoms with Gasteiger partial charge in [0, 0.05) is 17.2 Å². The molecule has 0 radical (unpaired) electrons. The second-order valence-corrected chi connectivity index (χ2v) is 7.89. The third-order valence-electron chi connectivity index (χ3n) is 4.24. The van der Waals surface area contributed by atoms with Crippen LogP contribution in [0.25, 0.3) is 11.1 Å². The Kier molecular flexibility index (Phi) is 5.71. The standard InChI is InChI=1S/C20H17N3O5S/c1-14-7-12-18(13-19(14)23(25)26)29(27,28)22-21-20(24)17-10-8-16(9-11-17)15-5-3-2-4-6-15/h2-13,22H,1H3,(H,21,24). The minimum atomic E-state index is -4.17. The van der Waals surface area contributed by atoms with Gasteiger partial charge < -0.3 is 0 Å². The molecule has 0 atom stereocenters. The number of nitrogens with one attached hydrogen (secondary N) is 2. The summed E-state index contributed by atoms with van der Waals surface area (Å²) in [7, 11) is -4.17. The molecule has 0 spiro atoms. The minimum Gasteiger partial charge on any atom is -0.273 e. The first-order valence-corrected chi connectivity index (χ1v) is 9.99. The van der Waals surface area contributed by atoms with Gasteiger partial charge in [0.1, 0.15) is 0 Å². The number of nitro benzene ring substituents is 1. The van der Waals surface area contributed by atoms with Gasteiger partial charge in [0.2, 0.25) is 0 Å². The Morgan fingerprint density at radius 1 is 0.931 bits per heavy atom. The first-order valence-electron chi connectivity index (χ1n) is 8.50. The number of carbonyl (C=O) groups excluding carboxylic acids is 1. The number of hydrazine groups is 1. The number of carbonyl (C=O) groups is 1. The van der Waals surface area contributed by atoms with Crippen molar-refractivity contribution in [2.45, 2.75) is 11.8 Å². The number of amides is 1. The number of nitro groups is 1. The summed E-state index contributed by atoms with van der Waals surface area (Å²) in [4.78, 5) is 24.2. The lowest BCUT2D eigenvalue weighted by Gasteiger charge is -2.09. The fraction of sp³-hybridized carbons (Fsp3) is 0.0500. The van der Waals surface area contributed by atoms with Crippen LogP contribution in [0.1, 0.15) is 15.9 Å². The number of sulfonamides is 1. The van der Waals surface area contributed by atoms with Gasteiger partial charge in [-0.25, -0.2) is 8.42 Å². The monoisotopic (exact) mass is 411 g/mol. The molecule has 148 valence electrons. The van der Waals surface area contributed by atoms with Crippen molar-refractivity contribution in [2.24, 2.45) is 0 Å². The molecule has 1 amide bonds. The van der Waals surface area contributed by atoms with Gasteiger partial charge in [-0.05, 0) is 36.2 Å². The van der Waals surface area contributed by atoms with Crippen LogP contribution in [0.15, 0.2) is 77.7 Å². The lowest BCUT2D eigenvalue weighted by Crippen LogP contribution is -2.41. The van der Waals surface area contributed by atoms with Gasteiger partial charge in [0.25, 0.3) is 21.6 Å². The van der Waals surface area contributed by atoms with Crippen molar-refractivity contribution in [2.75, 3.05) is 0 Å². The van der Waals surface area contributed by atoms with Crippen LogP contribution in [0.2, 0.25) is 0 Å². The predicted octanol–water partition coefficient (Wildman–Crippen LogP) is 3.19. The smallest absolute Gasteiger partial charge is 0.273 e. The first kappa shape index (κ1) is 20.2. The van der Waals surface area contributed by atoms with Gasteiger partial charge in [-0.2, -0.15) is 0 Å². The van der Waals surface area contributed by atoms with E-state index in [0.29, 0.717) is 5.56 Å². The number of nitrogens with zero attached hydrogens (tertiary/aromatic N) is 1. The molecule has 3 aromatic rings. The van der Waals surface area contributed by atoms with Crippen molar-refractivity contribution >= 4 is 21.6 Å². The van der Waals surface area contributed by atoms with Crippen LogP contribution in [0.5, 0.6) is 0 Å². The summed E-state index contributed by atoms with van der Waals surface area (Å²) in [5.41, 5.74) is 4.27. The highest BCUT2D eigenvalue weighted by molar-refractivity contribution is 7.89. The average Bonchev–Trinajstić information content (AvgIpc) is 2.73. The van der Waals surface area contributed by atoms with Crippen LogP contribution in [0.4, 0.5) is 5.69 Å². The molecule has 0 saturated heterocycles. The maximum absolute atomic E-state index is 12.3. The summed E-state index contributed by atoms with van der Waals surface area (Å²) in [5.74, 6) is -0.658. The quantitative estimate of drug-likeness (QED) is 0.477. The molecule has 3 aromatic carbocycles. The number of hydrogen-bond acceptors (Lipinski definition) is 5. The van der Waals surface area contributed by atoms with E-state index in [4.69, 9.17) is 0 Å². The molecule has 3 rings (SSSR count). The van der Waals surface area contributed by atoms with Crippen molar-refractivity contribution in [1.29, 1.82) is 0 Å². The van der Waals surface area contributed by atoms with E-state index in [2.05, 4.69) is 5.43 Å². The number of rotatable bonds is 6. The molecule has 0 aromatic heterocycles. The fourth-order valence-electron chi connectivity index (χ4n) is 2.64. The molecule has 29 heavy (non-hydrogen) atoms. The van der Waals surface area contributed by atoms with E-state index < -0.39 is 20.9 Å². The fourth-order valence-corrected chi connectivity index (χ4v) is 3.50. The van der Waals surface area contributed by atoms with Gasteiger partial charge in [0.05, 0.1) is 9.82 Å². The molecule has 2 N–H and O–H groups in total. The summed E-state index contributed by atoms with van der Waals surface area (Å²) in [6, 6.07) is 19.7. The predicted molar refractivity (Wildman–Crippen MR) is 107 cm³/mol. The molecule has 0 saturated carbocycles. The van der Waals surface area contributed by atoms with Crippen molar-refractivity contribution in [3.05, 3.63) is 94.0 Å². The highest BCUT2D eigenvalue weighted by atomic mass is 32.2. The van der Waals surface area contributed by atoms with Crippen molar-refractivity contribution in [3.63, 3.8) is 0 Å². The van der Waals surface area contributed by atoms with E-state index in [9.17, 15) is 23.3 Å². The molecule has 0 aliphatic heterocycles. The van der Waals surface area contributed by atoms with Crippen molar-refractivity contribution < 1.29 is 18.1 Å². The summed E-state index contributed by atoms with van der Waals surface area (Å²) in [5, 5.41) is 11.0.